The molecule has 0 atom stereocenters. The highest BCUT2D eigenvalue weighted by Crippen LogP contribution is 2.21. The van der Waals surface area contributed by atoms with Crippen LogP contribution in [0.25, 0.3) is 0 Å². The van der Waals surface area contributed by atoms with Gasteiger partial charge in [-0.25, -0.2) is 9.18 Å². The van der Waals surface area contributed by atoms with E-state index in [9.17, 15) is 18.8 Å². The topological polar surface area (TPSA) is 75.7 Å². The first kappa shape index (κ1) is 15.3. The molecular formula is C13H13FN2O4S. The molecule has 1 saturated heterocycles. The Hall–Kier alpha value is -2.09. The number of rotatable bonds is 5. The molecule has 0 aromatic heterocycles. The minimum absolute atomic E-state index is 0.111. The molecule has 1 heterocycles. The summed E-state index contributed by atoms with van der Waals surface area (Å²) in [5, 5.41) is 2.47. The average molecular weight is 312 g/mol. The lowest BCUT2D eigenvalue weighted by molar-refractivity contribution is -0.148. The van der Waals surface area contributed by atoms with Crippen molar-refractivity contribution in [3.8, 4) is 0 Å². The Balaban J connectivity index is 1.74. The van der Waals surface area contributed by atoms with Gasteiger partial charge in [0.15, 0.2) is 6.61 Å². The Kier molecular flexibility index (Phi) is 5.15. The van der Waals surface area contributed by atoms with Crippen LogP contribution >= 0.6 is 11.8 Å². The number of carbonyl (C=O) groups excluding carboxylic acids is 3. The zero-order valence-electron chi connectivity index (χ0n) is 11.0. The molecule has 3 amide bonds. The summed E-state index contributed by atoms with van der Waals surface area (Å²) < 4.78 is 18.1. The van der Waals surface area contributed by atoms with E-state index in [1.54, 1.807) is 18.2 Å². The Morgan fingerprint density at radius 2 is 2.14 bits per heavy atom. The van der Waals surface area contributed by atoms with Crippen molar-refractivity contribution >= 4 is 29.7 Å². The van der Waals surface area contributed by atoms with Crippen LogP contribution in [0, 0.1) is 5.82 Å². The summed E-state index contributed by atoms with van der Waals surface area (Å²) in [5.41, 5.74) is 0. The molecule has 2 rings (SSSR count). The zero-order chi connectivity index (χ0) is 15.2. The molecule has 1 aliphatic rings. The highest BCUT2D eigenvalue weighted by atomic mass is 32.2. The molecule has 1 N–H and O–H groups in total. The first-order valence-corrected chi connectivity index (χ1v) is 7.17. The molecule has 0 unspecified atom stereocenters. The van der Waals surface area contributed by atoms with Crippen LogP contribution < -0.4 is 5.32 Å². The number of esters is 1. The first-order chi connectivity index (χ1) is 10.1. The standard InChI is InChI=1S/C13H13FN2O4S/c14-9-3-1-2-4-10(9)21-8-12(18)20-7-11(17)16-6-5-15-13(16)19/h1-4H,5-8H2,(H,15,19). The number of hydrogen-bond acceptors (Lipinski definition) is 5. The van der Waals surface area contributed by atoms with Crippen LogP contribution in [0.15, 0.2) is 29.2 Å². The van der Waals surface area contributed by atoms with Crippen LogP contribution in [0.4, 0.5) is 9.18 Å². The van der Waals surface area contributed by atoms with Crippen molar-refractivity contribution in [1.82, 2.24) is 10.2 Å². The van der Waals surface area contributed by atoms with Crippen LogP contribution in [-0.2, 0) is 14.3 Å². The monoisotopic (exact) mass is 312 g/mol. The lowest BCUT2D eigenvalue weighted by Crippen LogP contribution is -2.37. The molecular weight excluding hydrogens is 299 g/mol. The third-order valence-electron chi connectivity index (χ3n) is 2.70. The van der Waals surface area contributed by atoms with Gasteiger partial charge in [-0.1, -0.05) is 12.1 Å². The van der Waals surface area contributed by atoms with Crippen molar-refractivity contribution in [2.75, 3.05) is 25.4 Å². The number of nitrogens with zero attached hydrogens (tertiary/aromatic N) is 1. The van der Waals surface area contributed by atoms with Gasteiger partial charge < -0.3 is 10.1 Å². The van der Waals surface area contributed by atoms with E-state index in [1.165, 1.54) is 6.07 Å². The van der Waals surface area contributed by atoms with Crippen molar-refractivity contribution in [2.24, 2.45) is 0 Å². The number of carbonyl (C=O) groups is 3. The second-order valence-corrected chi connectivity index (χ2v) is 5.17. The highest BCUT2D eigenvalue weighted by molar-refractivity contribution is 8.00. The van der Waals surface area contributed by atoms with Gasteiger partial charge in [0.2, 0.25) is 0 Å². The average Bonchev–Trinajstić information content (AvgIpc) is 2.90. The van der Waals surface area contributed by atoms with Crippen molar-refractivity contribution in [3.05, 3.63) is 30.1 Å². The lowest BCUT2D eigenvalue weighted by Gasteiger charge is -2.12. The Morgan fingerprint density at radius 1 is 1.38 bits per heavy atom. The SMILES string of the molecule is O=C(CSc1ccccc1F)OCC(=O)N1CCNC1=O. The van der Waals surface area contributed by atoms with Gasteiger partial charge in [0.25, 0.3) is 5.91 Å². The molecule has 1 aromatic rings. The Labute approximate surface area is 124 Å². The number of benzene rings is 1. The number of amides is 3. The van der Waals surface area contributed by atoms with E-state index < -0.39 is 30.3 Å². The minimum Gasteiger partial charge on any atom is -0.455 e. The lowest BCUT2D eigenvalue weighted by atomic mass is 10.3. The summed E-state index contributed by atoms with van der Waals surface area (Å²) in [4.78, 5) is 35.6. The molecule has 112 valence electrons. The molecule has 0 aliphatic carbocycles. The maximum absolute atomic E-state index is 13.3. The first-order valence-electron chi connectivity index (χ1n) is 6.19. The number of urea groups is 1. The maximum Gasteiger partial charge on any atom is 0.324 e. The molecule has 0 spiro atoms. The summed E-state index contributed by atoms with van der Waals surface area (Å²) in [7, 11) is 0. The van der Waals surface area contributed by atoms with E-state index in [0.29, 0.717) is 11.4 Å². The summed E-state index contributed by atoms with van der Waals surface area (Å²) in [6.07, 6.45) is 0. The predicted molar refractivity (Wildman–Crippen MR) is 73.2 cm³/mol. The van der Waals surface area contributed by atoms with Crippen LogP contribution in [0.3, 0.4) is 0 Å². The Morgan fingerprint density at radius 3 is 2.81 bits per heavy atom. The van der Waals surface area contributed by atoms with Crippen molar-refractivity contribution in [3.63, 3.8) is 0 Å². The van der Waals surface area contributed by atoms with Crippen molar-refractivity contribution in [2.45, 2.75) is 4.90 Å². The van der Waals surface area contributed by atoms with Gasteiger partial charge in [0.05, 0.1) is 5.75 Å². The number of nitrogens with one attached hydrogen (secondary N) is 1. The second-order valence-electron chi connectivity index (χ2n) is 4.16. The fourth-order valence-electron chi connectivity index (χ4n) is 1.67. The number of hydrogen-bond donors (Lipinski definition) is 1. The maximum atomic E-state index is 13.3. The number of halogens is 1. The van der Waals surface area contributed by atoms with Gasteiger partial charge in [0.1, 0.15) is 5.82 Å². The van der Waals surface area contributed by atoms with E-state index in [1.807, 2.05) is 0 Å². The van der Waals surface area contributed by atoms with Crippen molar-refractivity contribution < 1.29 is 23.5 Å². The summed E-state index contributed by atoms with van der Waals surface area (Å²) >= 11 is 0.986. The van der Waals surface area contributed by atoms with E-state index in [4.69, 9.17) is 4.74 Å². The number of thioether (sulfide) groups is 1. The van der Waals surface area contributed by atoms with E-state index >= 15 is 0 Å². The summed E-state index contributed by atoms with van der Waals surface area (Å²) in [5.74, 6) is -1.74. The fraction of sp³-hybridized carbons (Fsp3) is 0.308. The molecule has 0 saturated carbocycles. The third kappa shape index (κ3) is 4.19. The van der Waals surface area contributed by atoms with Crippen LogP contribution in [0.5, 0.6) is 0 Å². The van der Waals surface area contributed by atoms with Gasteiger partial charge in [-0.15, -0.1) is 11.8 Å². The van der Waals surface area contributed by atoms with Gasteiger partial charge in [-0.05, 0) is 12.1 Å². The van der Waals surface area contributed by atoms with Crippen LogP contribution in [0.2, 0.25) is 0 Å². The quantitative estimate of drug-likeness (QED) is 0.649. The molecule has 0 bridgehead atoms. The van der Waals surface area contributed by atoms with Gasteiger partial charge in [-0.3, -0.25) is 14.5 Å². The number of ether oxygens (including phenoxy) is 1. The molecule has 0 radical (unpaired) electrons. The molecule has 8 heteroatoms. The molecule has 1 aliphatic heterocycles. The smallest absolute Gasteiger partial charge is 0.324 e. The van der Waals surface area contributed by atoms with Gasteiger partial charge >= 0.3 is 12.0 Å². The highest BCUT2D eigenvalue weighted by Gasteiger charge is 2.26. The van der Waals surface area contributed by atoms with Gasteiger partial charge in [-0.2, -0.15) is 0 Å². The van der Waals surface area contributed by atoms with E-state index in [-0.39, 0.29) is 12.3 Å². The van der Waals surface area contributed by atoms with Crippen molar-refractivity contribution in [1.29, 1.82) is 0 Å². The summed E-state index contributed by atoms with van der Waals surface area (Å²) in [6.45, 7) is 0.158. The van der Waals surface area contributed by atoms with Crippen LogP contribution in [-0.4, -0.2) is 48.3 Å². The Bertz CT molecular complexity index is 567. The van der Waals surface area contributed by atoms with Crippen LogP contribution in [0.1, 0.15) is 0 Å². The largest absolute Gasteiger partial charge is 0.455 e. The number of imide groups is 1. The molecule has 21 heavy (non-hydrogen) atoms. The fourth-order valence-corrected chi connectivity index (χ4v) is 2.41. The molecule has 6 nitrogen and oxygen atoms in total. The van der Waals surface area contributed by atoms with E-state index in [2.05, 4.69) is 5.32 Å². The summed E-state index contributed by atoms with van der Waals surface area (Å²) in [6, 6.07) is 5.57. The molecule has 1 aromatic carbocycles. The third-order valence-corrected chi connectivity index (χ3v) is 3.72. The van der Waals surface area contributed by atoms with Gasteiger partial charge in [0, 0.05) is 18.0 Å². The van der Waals surface area contributed by atoms with E-state index in [0.717, 1.165) is 16.7 Å². The molecule has 1 fully saturated rings. The normalized spacial score (nSPS) is 14.0. The zero-order valence-corrected chi connectivity index (χ0v) is 11.8. The minimum atomic E-state index is -0.642. The predicted octanol–water partition coefficient (Wildman–Crippen LogP) is 1.01. The second kappa shape index (κ2) is 7.07.